The minimum Gasteiger partial charge on any atom is -0.472 e. The fourth-order valence-electron chi connectivity index (χ4n) is 7.24. The van der Waals surface area contributed by atoms with Crippen molar-refractivity contribution in [3.63, 3.8) is 0 Å². The fraction of sp³-hybridized carbons (Fsp3) is 0.708. The molecule has 0 unspecified atom stereocenters. The number of aliphatic hydroxyl groups is 1. The highest BCUT2D eigenvalue weighted by atomic mass is 16.5. The van der Waals surface area contributed by atoms with Gasteiger partial charge in [-0.2, -0.15) is 0 Å². The molecule has 2 saturated carbocycles. The van der Waals surface area contributed by atoms with Crippen LogP contribution in [0.3, 0.4) is 0 Å². The zero-order chi connectivity index (χ0) is 22.6. The molecule has 31 heavy (non-hydrogen) atoms. The molecule has 0 saturated heterocycles. The Bertz CT molecular complexity index is 903. The number of hydrogen-bond acceptors (Lipinski definition) is 7. The third-order valence-corrected chi connectivity index (χ3v) is 8.52. The first kappa shape index (κ1) is 22.1. The number of rotatable bonds is 4. The van der Waals surface area contributed by atoms with Gasteiger partial charge in [0, 0.05) is 36.7 Å². The van der Waals surface area contributed by atoms with Gasteiger partial charge >= 0.3 is 11.9 Å². The van der Waals surface area contributed by atoms with Gasteiger partial charge in [-0.15, -0.1) is 0 Å². The number of carbonyl (C=O) groups is 3. The lowest BCUT2D eigenvalue weighted by atomic mass is 9.40. The standard InChI is InChI=1S/C24H32O7/c1-14(25)30-12-23(4)19-7-8-24(13-31-15(2)26)17-11-29-10-16(17)5-6-20(24)22(19,3)9-18(27)21(23)28/h10-11,19-21,28H,5-9,12-13H2,1-4H3/t19-,20-,21-,22+,23-,24-/m1/s1. The average molecular weight is 433 g/mol. The highest BCUT2D eigenvalue weighted by Gasteiger charge is 2.66. The van der Waals surface area contributed by atoms with Crippen LogP contribution < -0.4 is 0 Å². The van der Waals surface area contributed by atoms with Crippen LogP contribution >= 0.6 is 0 Å². The van der Waals surface area contributed by atoms with Crippen molar-refractivity contribution in [2.45, 2.75) is 71.3 Å². The minimum absolute atomic E-state index is 0.0100. The van der Waals surface area contributed by atoms with E-state index < -0.39 is 28.3 Å². The van der Waals surface area contributed by atoms with Gasteiger partial charge in [0.25, 0.3) is 0 Å². The van der Waals surface area contributed by atoms with Crippen molar-refractivity contribution in [2.24, 2.45) is 22.7 Å². The van der Waals surface area contributed by atoms with E-state index in [1.165, 1.54) is 13.8 Å². The number of hydrogen-bond donors (Lipinski definition) is 1. The van der Waals surface area contributed by atoms with Crippen molar-refractivity contribution in [1.29, 1.82) is 0 Å². The molecular weight excluding hydrogens is 400 g/mol. The third-order valence-electron chi connectivity index (χ3n) is 8.52. The topological polar surface area (TPSA) is 103 Å². The van der Waals surface area contributed by atoms with Crippen LogP contribution in [0.25, 0.3) is 0 Å². The number of Topliss-reactive ketones (excluding diaryl/α,β-unsaturated/α-hetero) is 1. The molecule has 3 aliphatic carbocycles. The van der Waals surface area contributed by atoms with Gasteiger partial charge in [-0.05, 0) is 48.5 Å². The monoisotopic (exact) mass is 432 g/mol. The summed E-state index contributed by atoms with van der Waals surface area (Å²) in [5, 5.41) is 10.9. The number of aliphatic hydroxyl groups excluding tert-OH is 1. The largest absolute Gasteiger partial charge is 0.472 e. The first-order chi connectivity index (χ1) is 14.5. The summed E-state index contributed by atoms with van der Waals surface area (Å²) in [6.07, 6.45) is 5.77. The Morgan fingerprint density at radius 2 is 1.77 bits per heavy atom. The van der Waals surface area contributed by atoms with Crippen LogP contribution in [0.1, 0.15) is 64.5 Å². The van der Waals surface area contributed by atoms with E-state index in [-0.39, 0.29) is 43.2 Å². The Morgan fingerprint density at radius 3 is 2.45 bits per heavy atom. The van der Waals surface area contributed by atoms with Gasteiger partial charge in [-0.25, -0.2) is 0 Å². The maximum absolute atomic E-state index is 13.1. The fourth-order valence-corrected chi connectivity index (χ4v) is 7.24. The predicted molar refractivity (Wildman–Crippen MR) is 110 cm³/mol. The Balaban J connectivity index is 1.79. The van der Waals surface area contributed by atoms with Crippen LogP contribution in [0.15, 0.2) is 16.9 Å². The van der Waals surface area contributed by atoms with E-state index in [9.17, 15) is 19.5 Å². The molecule has 1 N–H and O–H groups in total. The normalized spacial score (nSPS) is 39.1. The molecule has 0 amide bonds. The number of furan rings is 1. The maximum atomic E-state index is 13.1. The van der Waals surface area contributed by atoms with Crippen molar-refractivity contribution in [3.8, 4) is 0 Å². The molecule has 2 fully saturated rings. The molecule has 1 aromatic rings. The molecule has 0 spiro atoms. The smallest absolute Gasteiger partial charge is 0.302 e. The Kier molecular flexibility index (Phi) is 5.31. The van der Waals surface area contributed by atoms with E-state index in [1.807, 2.05) is 6.92 Å². The molecule has 6 atom stereocenters. The third kappa shape index (κ3) is 3.23. The van der Waals surface area contributed by atoms with Crippen LogP contribution in [-0.2, 0) is 35.7 Å². The second-order valence-corrected chi connectivity index (χ2v) is 10.3. The Labute approximate surface area is 182 Å². The van der Waals surface area contributed by atoms with Crippen molar-refractivity contribution < 1.29 is 33.4 Å². The molecule has 0 aliphatic heterocycles. The quantitative estimate of drug-likeness (QED) is 0.730. The SMILES string of the molecule is CC(=O)OC[C@@]12CC[C@@H]3[C@](C)(CC(=O)[C@@H](O)[C@]3(C)COC(C)=O)[C@H]1CCc1cocc12. The summed E-state index contributed by atoms with van der Waals surface area (Å²) >= 11 is 0. The van der Waals surface area contributed by atoms with Crippen molar-refractivity contribution in [1.82, 2.24) is 0 Å². The first-order valence-corrected chi connectivity index (χ1v) is 11.1. The lowest BCUT2D eigenvalue weighted by Gasteiger charge is -2.64. The van der Waals surface area contributed by atoms with Gasteiger partial charge in [0.15, 0.2) is 5.78 Å². The Hall–Kier alpha value is -2.15. The number of aryl methyl sites for hydroxylation is 1. The van der Waals surface area contributed by atoms with E-state index in [0.717, 1.165) is 36.8 Å². The highest BCUT2D eigenvalue weighted by molar-refractivity contribution is 5.86. The van der Waals surface area contributed by atoms with Crippen LogP contribution in [0.5, 0.6) is 0 Å². The van der Waals surface area contributed by atoms with Gasteiger partial charge in [0.2, 0.25) is 0 Å². The van der Waals surface area contributed by atoms with Gasteiger partial charge < -0.3 is 19.0 Å². The van der Waals surface area contributed by atoms with Gasteiger partial charge in [0.1, 0.15) is 12.7 Å². The molecule has 0 radical (unpaired) electrons. The maximum Gasteiger partial charge on any atom is 0.302 e. The zero-order valence-electron chi connectivity index (χ0n) is 18.7. The van der Waals surface area contributed by atoms with Crippen LogP contribution in [0.2, 0.25) is 0 Å². The first-order valence-electron chi connectivity index (χ1n) is 11.1. The average Bonchev–Trinajstić information content (AvgIpc) is 3.19. The second kappa shape index (κ2) is 7.47. The Morgan fingerprint density at radius 1 is 1.10 bits per heavy atom. The highest BCUT2D eigenvalue weighted by Crippen LogP contribution is 2.66. The molecule has 1 aromatic heterocycles. The van der Waals surface area contributed by atoms with E-state index in [2.05, 4.69) is 6.92 Å². The van der Waals surface area contributed by atoms with Crippen LogP contribution in [-0.4, -0.2) is 42.1 Å². The number of carbonyl (C=O) groups excluding carboxylic acids is 3. The van der Waals surface area contributed by atoms with E-state index in [0.29, 0.717) is 0 Å². The van der Waals surface area contributed by atoms with E-state index >= 15 is 0 Å². The molecule has 1 heterocycles. The van der Waals surface area contributed by atoms with Crippen LogP contribution in [0, 0.1) is 22.7 Å². The van der Waals surface area contributed by atoms with E-state index in [4.69, 9.17) is 13.9 Å². The summed E-state index contributed by atoms with van der Waals surface area (Å²) in [7, 11) is 0. The van der Waals surface area contributed by atoms with Crippen molar-refractivity contribution in [3.05, 3.63) is 23.7 Å². The van der Waals surface area contributed by atoms with Gasteiger partial charge in [-0.3, -0.25) is 14.4 Å². The number of fused-ring (bicyclic) bond motifs is 5. The molecular formula is C24H32O7. The minimum atomic E-state index is -1.17. The molecule has 0 bridgehead atoms. The zero-order valence-corrected chi connectivity index (χ0v) is 18.7. The molecule has 3 aliphatic rings. The molecule has 7 heteroatoms. The van der Waals surface area contributed by atoms with Gasteiger partial charge in [-0.1, -0.05) is 13.8 Å². The molecule has 0 aromatic carbocycles. The summed E-state index contributed by atoms with van der Waals surface area (Å²) in [6, 6.07) is 0. The number of ether oxygens (including phenoxy) is 2. The number of ketones is 1. The molecule has 170 valence electrons. The van der Waals surface area contributed by atoms with Crippen molar-refractivity contribution >= 4 is 17.7 Å². The summed E-state index contributed by atoms with van der Waals surface area (Å²) in [4.78, 5) is 36.3. The lowest BCUT2D eigenvalue weighted by molar-refractivity contribution is -0.197. The summed E-state index contributed by atoms with van der Waals surface area (Å²) < 4.78 is 16.5. The lowest BCUT2D eigenvalue weighted by Crippen LogP contribution is -2.66. The molecule has 4 rings (SSSR count). The molecule has 7 nitrogen and oxygen atoms in total. The van der Waals surface area contributed by atoms with E-state index in [1.54, 1.807) is 12.5 Å². The second-order valence-electron chi connectivity index (χ2n) is 10.3. The predicted octanol–water partition coefficient (Wildman–Crippen LogP) is 2.96. The van der Waals surface area contributed by atoms with Gasteiger partial charge in [0.05, 0.1) is 19.1 Å². The summed E-state index contributed by atoms with van der Waals surface area (Å²) in [5.74, 6) is -0.915. The van der Waals surface area contributed by atoms with Crippen molar-refractivity contribution in [2.75, 3.05) is 13.2 Å². The number of esters is 2. The van der Waals surface area contributed by atoms with Crippen LogP contribution in [0.4, 0.5) is 0 Å². The summed E-state index contributed by atoms with van der Waals surface area (Å²) in [6.45, 7) is 7.01. The summed E-state index contributed by atoms with van der Waals surface area (Å²) in [5.41, 5.74) is 0.487.